The molecule has 0 fully saturated rings. The second-order valence-electron chi connectivity index (χ2n) is 4.70. The highest BCUT2D eigenvalue weighted by Crippen LogP contribution is 2.32. The zero-order valence-electron chi connectivity index (χ0n) is 11.4. The second kappa shape index (κ2) is 6.15. The molecule has 112 valence electrons. The van der Waals surface area contributed by atoms with Gasteiger partial charge in [0.05, 0.1) is 0 Å². The minimum absolute atomic E-state index is 0.163. The van der Waals surface area contributed by atoms with Crippen molar-refractivity contribution >= 4 is 11.3 Å². The highest BCUT2D eigenvalue weighted by molar-refractivity contribution is 7.17. The maximum absolute atomic E-state index is 13.1. The monoisotopic (exact) mass is 318 g/mol. The minimum atomic E-state index is -0.881. The van der Waals surface area contributed by atoms with E-state index < -0.39 is 11.6 Å². The molecule has 2 aromatic carbocycles. The van der Waals surface area contributed by atoms with Crippen LogP contribution >= 0.6 is 11.3 Å². The van der Waals surface area contributed by atoms with Crippen molar-refractivity contribution < 1.29 is 18.6 Å². The molecule has 3 rings (SSSR count). The molecule has 0 saturated carbocycles. The Bertz CT molecular complexity index is 782. The predicted molar refractivity (Wildman–Crippen MR) is 82.1 cm³/mol. The normalized spacial score (nSPS) is 10.6. The molecule has 0 unspecified atom stereocenters. The predicted octanol–water partition coefficient (Wildman–Crippen LogP) is 4.98. The van der Waals surface area contributed by atoms with Gasteiger partial charge in [-0.1, -0.05) is 17.4 Å². The van der Waals surface area contributed by atoms with E-state index in [1.165, 1.54) is 17.4 Å². The molecule has 1 N–H and O–H groups in total. The van der Waals surface area contributed by atoms with Gasteiger partial charge in [0.15, 0.2) is 16.7 Å². The average Bonchev–Trinajstić information content (AvgIpc) is 2.95. The largest absolute Gasteiger partial charge is 0.499 e. The van der Waals surface area contributed by atoms with Crippen LogP contribution in [0.5, 0.6) is 10.8 Å². The molecule has 1 aromatic heterocycles. The van der Waals surface area contributed by atoms with E-state index >= 15 is 0 Å². The Morgan fingerprint density at radius 3 is 2.32 bits per heavy atom. The summed E-state index contributed by atoms with van der Waals surface area (Å²) in [6, 6.07) is 14.5. The lowest BCUT2D eigenvalue weighted by Gasteiger charge is -2.07. The lowest BCUT2D eigenvalue weighted by molar-refractivity contribution is 0.305. The second-order valence-corrected chi connectivity index (χ2v) is 5.76. The summed E-state index contributed by atoms with van der Waals surface area (Å²) in [6.07, 6.45) is 0. The van der Waals surface area contributed by atoms with Crippen molar-refractivity contribution in [3.05, 3.63) is 71.8 Å². The SMILES string of the molecule is Oc1ccc(-c2ccc(OCc3ccc(F)c(F)c3)cc2)s1. The van der Waals surface area contributed by atoms with Crippen LogP contribution in [0.25, 0.3) is 10.4 Å². The third kappa shape index (κ3) is 3.26. The first kappa shape index (κ1) is 14.5. The van der Waals surface area contributed by atoms with Crippen LogP contribution in [0.2, 0.25) is 0 Å². The summed E-state index contributed by atoms with van der Waals surface area (Å²) in [4.78, 5) is 0.963. The number of halogens is 2. The number of aromatic hydroxyl groups is 1. The first-order chi connectivity index (χ1) is 10.6. The highest BCUT2D eigenvalue weighted by Gasteiger charge is 2.05. The third-order valence-corrected chi connectivity index (χ3v) is 4.06. The lowest BCUT2D eigenvalue weighted by atomic mass is 10.2. The van der Waals surface area contributed by atoms with Crippen LogP contribution in [0.1, 0.15) is 5.56 Å². The van der Waals surface area contributed by atoms with Gasteiger partial charge < -0.3 is 9.84 Å². The maximum atomic E-state index is 13.1. The molecular formula is C17H12F2O2S. The Hall–Kier alpha value is -2.40. The summed E-state index contributed by atoms with van der Waals surface area (Å²) < 4.78 is 31.5. The molecule has 0 aliphatic heterocycles. The van der Waals surface area contributed by atoms with Gasteiger partial charge in [-0.25, -0.2) is 8.78 Å². The summed E-state index contributed by atoms with van der Waals surface area (Å²) in [7, 11) is 0. The molecule has 2 nitrogen and oxygen atoms in total. The molecular weight excluding hydrogens is 306 g/mol. The molecule has 0 atom stereocenters. The van der Waals surface area contributed by atoms with E-state index in [1.807, 2.05) is 18.2 Å². The molecule has 0 aliphatic rings. The smallest absolute Gasteiger partial charge is 0.171 e. The van der Waals surface area contributed by atoms with Crippen LogP contribution in [-0.2, 0) is 6.61 Å². The van der Waals surface area contributed by atoms with Crippen molar-refractivity contribution in [3.63, 3.8) is 0 Å². The number of ether oxygens (including phenoxy) is 1. The molecule has 1 heterocycles. The molecule has 0 amide bonds. The summed E-state index contributed by atoms with van der Waals surface area (Å²) >= 11 is 1.30. The lowest BCUT2D eigenvalue weighted by Crippen LogP contribution is -1.97. The van der Waals surface area contributed by atoms with Crippen LogP contribution in [0.3, 0.4) is 0 Å². The fourth-order valence-electron chi connectivity index (χ4n) is 1.99. The number of thiophene rings is 1. The first-order valence-electron chi connectivity index (χ1n) is 6.58. The summed E-state index contributed by atoms with van der Waals surface area (Å²) in [5.41, 5.74) is 1.54. The van der Waals surface area contributed by atoms with Gasteiger partial charge in [0.1, 0.15) is 12.4 Å². The van der Waals surface area contributed by atoms with E-state index in [0.29, 0.717) is 11.3 Å². The molecule has 5 heteroatoms. The molecule has 0 bridgehead atoms. The van der Waals surface area contributed by atoms with E-state index in [0.717, 1.165) is 22.6 Å². The van der Waals surface area contributed by atoms with Crippen molar-refractivity contribution in [2.45, 2.75) is 6.61 Å². The van der Waals surface area contributed by atoms with Gasteiger partial charge in [0.25, 0.3) is 0 Å². The fraction of sp³-hybridized carbons (Fsp3) is 0.0588. The Morgan fingerprint density at radius 2 is 1.68 bits per heavy atom. The maximum Gasteiger partial charge on any atom is 0.171 e. The van der Waals surface area contributed by atoms with Gasteiger partial charge in [-0.3, -0.25) is 0 Å². The van der Waals surface area contributed by atoms with Crippen LogP contribution in [0.15, 0.2) is 54.6 Å². The third-order valence-electron chi connectivity index (χ3n) is 3.12. The molecule has 22 heavy (non-hydrogen) atoms. The molecule has 0 aliphatic carbocycles. The van der Waals surface area contributed by atoms with Crippen LogP contribution in [-0.4, -0.2) is 5.11 Å². The van der Waals surface area contributed by atoms with Gasteiger partial charge in [-0.15, -0.1) is 0 Å². The van der Waals surface area contributed by atoms with E-state index in [9.17, 15) is 13.9 Å². The standard InChI is InChI=1S/C17H12F2O2S/c18-14-6-1-11(9-15(14)19)10-21-13-4-2-12(3-5-13)16-7-8-17(20)22-16/h1-9,20H,10H2. The number of hydrogen-bond donors (Lipinski definition) is 1. The molecule has 3 aromatic rings. The summed E-state index contributed by atoms with van der Waals surface area (Å²) in [5.74, 6) is -1.12. The van der Waals surface area contributed by atoms with E-state index in [-0.39, 0.29) is 11.7 Å². The molecule has 0 radical (unpaired) electrons. The Morgan fingerprint density at radius 1 is 0.909 bits per heavy atom. The zero-order valence-corrected chi connectivity index (χ0v) is 12.2. The van der Waals surface area contributed by atoms with E-state index in [1.54, 1.807) is 18.2 Å². The zero-order chi connectivity index (χ0) is 15.5. The van der Waals surface area contributed by atoms with Crippen molar-refractivity contribution in [1.82, 2.24) is 0 Å². The number of hydrogen-bond acceptors (Lipinski definition) is 3. The van der Waals surface area contributed by atoms with Gasteiger partial charge >= 0.3 is 0 Å². The summed E-state index contributed by atoms with van der Waals surface area (Å²) in [5, 5.41) is 9.63. The quantitative estimate of drug-likeness (QED) is 0.735. The topological polar surface area (TPSA) is 29.5 Å². The summed E-state index contributed by atoms with van der Waals surface area (Å²) in [6.45, 7) is 0.163. The van der Waals surface area contributed by atoms with Gasteiger partial charge in [0, 0.05) is 4.88 Å². The fourth-order valence-corrected chi connectivity index (χ4v) is 2.75. The van der Waals surface area contributed by atoms with Crippen LogP contribution in [0.4, 0.5) is 8.78 Å². The van der Waals surface area contributed by atoms with Gasteiger partial charge in [0.2, 0.25) is 0 Å². The van der Waals surface area contributed by atoms with Crippen LogP contribution in [0, 0.1) is 11.6 Å². The van der Waals surface area contributed by atoms with Crippen molar-refractivity contribution in [3.8, 4) is 21.3 Å². The molecule has 0 spiro atoms. The molecule has 0 saturated heterocycles. The van der Waals surface area contributed by atoms with Gasteiger partial charge in [-0.05, 0) is 59.7 Å². The minimum Gasteiger partial charge on any atom is -0.499 e. The number of benzene rings is 2. The highest BCUT2D eigenvalue weighted by atomic mass is 32.1. The Labute approximate surface area is 130 Å². The van der Waals surface area contributed by atoms with Crippen molar-refractivity contribution in [2.75, 3.05) is 0 Å². The van der Waals surface area contributed by atoms with Crippen molar-refractivity contribution in [1.29, 1.82) is 0 Å². The van der Waals surface area contributed by atoms with Crippen LogP contribution < -0.4 is 4.74 Å². The number of rotatable bonds is 4. The average molecular weight is 318 g/mol. The van der Waals surface area contributed by atoms with E-state index in [2.05, 4.69) is 0 Å². The van der Waals surface area contributed by atoms with E-state index in [4.69, 9.17) is 4.74 Å². The Balaban J connectivity index is 1.67. The first-order valence-corrected chi connectivity index (χ1v) is 7.39. The Kier molecular flexibility index (Phi) is 4.06. The van der Waals surface area contributed by atoms with Gasteiger partial charge in [-0.2, -0.15) is 0 Å². The van der Waals surface area contributed by atoms with Crippen molar-refractivity contribution in [2.24, 2.45) is 0 Å².